The monoisotopic (exact) mass is 369 g/mol. The molecule has 0 saturated carbocycles. The lowest BCUT2D eigenvalue weighted by Gasteiger charge is -2.33. The lowest BCUT2D eigenvalue weighted by molar-refractivity contribution is 0.606. The van der Waals surface area contributed by atoms with Gasteiger partial charge in [-0.05, 0) is 63.9 Å². The van der Waals surface area contributed by atoms with Crippen molar-refractivity contribution in [1.29, 1.82) is 0 Å². The van der Waals surface area contributed by atoms with Crippen LogP contribution < -0.4 is 9.80 Å². The van der Waals surface area contributed by atoms with Crippen LogP contribution in [0.4, 0.5) is 17.1 Å². The summed E-state index contributed by atoms with van der Waals surface area (Å²) in [4.78, 5) is 9.93. The van der Waals surface area contributed by atoms with Crippen molar-refractivity contribution in [2.75, 3.05) is 9.80 Å². The van der Waals surface area contributed by atoms with E-state index in [9.17, 15) is 0 Å². The van der Waals surface area contributed by atoms with E-state index in [1.54, 1.807) is 0 Å². The normalized spacial score (nSPS) is 17.1. The molecule has 0 spiro atoms. The molecule has 0 radical (unpaired) electrons. The predicted molar refractivity (Wildman–Crippen MR) is 118 cm³/mol. The van der Waals surface area contributed by atoms with E-state index in [0.29, 0.717) is 6.04 Å². The number of aryl methyl sites for hydroxylation is 2. The molecule has 28 heavy (non-hydrogen) atoms. The zero-order chi connectivity index (χ0) is 19.6. The average Bonchev–Trinajstić information content (AvgIpc) is 3.15. The van der Waals surface area contributed by atoms with Gasteiger partial charge in [-0.3, -0.25) is 4.98 Å². The summed E-state index contributed by atoms with van der Waals surface area (Å²) in [6.07, 6.45) is 1.20. The highest BCUT2D eigenvalue weighted by Gasteiger charge is 2.40. The van der Waals surface area contributed by atoms with Gasteiger partial charge in [0.25, 0.3) is 0 Å². The zero-order valence-corrected chi connectivity index (χ0v) is 17.3. The van der Waals surface area contributed by atoms with Gasteiger partial charge < -0.3 is 9.80 Å². The smallest absolute Gasteiger partial charge is 0.104 e. The molecule has 1 aromatic heterocycles. The van der Waals surface area contributed by atoms with Crippen molar-refractivity contribution in [3.05, 3.63) is 71.0 Å². The van der Waals surface area contributed by atoms with Crippen LogP contribution in [0.3, 0.4) is 0 Å². The highest BCUT2D eigenvalue weighted by Crippen LogP contribution is 2.54. The Hall–Kier alpha value is -2.81. The molecule has 3 nitrogen and oxygen atoms in total. The lowest BCUT2D eigenvalue weighted by Crippen LogP contribution is -2.42. The summed E-state index contributed by atoms with van der Waals surface area (Å²) in [6.45, 7) is 11.2. The second-order valence-electron chi connectivity index (χ2n) is 8.38. The summed E-state index contributed by atoms with van der Waals surface area (Å²) < 4.78 is 0. The van der Waals surface area contributed by atoms with Gasteiger partial charge in [-0.15, -0.1) is 0 Å². The fourth-order valence-corrected chi connectivity index (χ4v) is 5.05. The summed E-state index contributed by atoms with van der Waals surface area (Å²) in [5.41, 5.74) is 11.6. The number of rotatable bonds is 2. The van der Waals surface area contributed by atoms with E-state index in [0.717, 1.165) is 12.1 Å². The third-order valence-electron chi connectivity index (χ3n) is 6.21. The third kappa shape index (κ3) is 2.32. The first-order chi connectivity index (χ1) is 13.5. The van der Waals surface area contributed by atoms with E-state index in [2.05, 4.69) is 92.9 Å². The fraction of sp³-hybridized carbons (Fsp3) is 0.320. The molecule has 0 N–H and O–H groups in total. The maximum absolute atomic E-state index is 4.85. The van der Waals surface area contributed by atoms with E-state index in [4.69, 9.17) is 4.98 Å². The molecule has 3 heteroatoms. The largest absolute Gasteiger partial charge is 0.347 e. The first kappa shape index (κ1) is 17.3. The Labute approximate surface area is 167 Å². The summed E-state index contributed by atoms with van der Waals surface area (Å²) >= 11 is 0. The van der Waals surface area contributed by atoms with Gasteiger partial charge in [-0.1, -0.05) is 30.3 Å². The fourth-order valence-electron chi connectivity index (χ4n) is 5.05. The quantitative estimate of drug-likeness (QED) is 0.433. The van der Waals surface area contributed by atoms with E-state index < -0.39 is 0 Å². The van der Waals surface area contributed by atoms with E-state index in [1.165, 1.54) is 45.0 Å². The Bertz CT molecular complexity index is 1080. The van der Waals surface area contributed by atoms with Gasteiger partial charge in [0.1, 0.15) is 6.17 Å². The van der Waals surface area contributed by atoms with Crippen LogP contribution in [0.25, 0.3) is 11.1 Å². The first-order valence-electron chi connectivity index (χ1n) is 10.2. The Kier molecular flexibility index (Phi) is 3.77. The number of fused-ring (bicyclic) bond motifs is 5. The van der Waals surface area contributed by atoms with Gasteiger partial charge in [-0.2, -0.15) is 0 Å². The van der Waals surface area contributed by atoms with Gasteiger partial charge in [0.15, 0.2) is 0 Å². The van der Waals surface area contributed by atoms with Crippen molar-refractivity contribution in [2.24, 2.45) is 0 Å². The van der Waals surface area contributed by atoms with Crippen LogP contribution in [0.15, 0.2) is 48.5 Å². The summed E-state index contributed by atoms with van der Waals surface area (Å²) in [7, 11) is 0. The van der Waals surface area contributed by atoms with E-state index in [1.807, 2.05) is 0 Å². The topological polar surface area (TPSA) is 19.4 Å². The van der Waals surface area contributed by atoms with Crippen molar-refractivity contribution < 1.29 is 0 Å². The molecule has 2 aromatic carbocycles. The summed E-state index contributed by atoms with van der Waals surface area (Å²) in [5.74, 6) is 0. The van der Waals surface area contributed by atoms with Crippen molar-refractivity contribution in [3.63, 3.8) is 0 Å². The van der Waals surface area contributed by atoms with Crippen LogP contribution in [0.5, 0.6) is 0 Å². The number of hydrogen-bond acceptors (Lipinski definition) is 3. The number of benzene rings is 2. The van der Waals surface area contributed by atoms with Gasteiger partial charge in [0.2, 0.25) is 0 Å². The lowest BCUT2D eigenvalue weighted by atomic mass is 10.0. The minimum absolute atomic E-state index is 0.269. The molecule has 1 aliphatic heterocycles. The Morgan fingerprint density at radius 3 is 2.50 bits per heavy atom. The number of nitrogens with zero attached hydrogens (tertiary/aromatic N) is 3. The molecule has 5 rings (SSSR count). The summed E-state index contributed by atoms with van der Waals surface area (Å²) in [6, 6.07) is 18.2. The molecule has 1 atom stereocenters. The molecule has 0 bridgehead atoms. The second-order valence-corrected chi connectivity index (χ2v) is 8.38. The molecule has 142 valence electrons. The molecule has 0 saturated heterocycles. The van der Waals surface area contributed by atoms with Crippen LogP contribution >= 0.6 is 0 Å². The Morgan fingerprint density at radius 2 is 1.75 bits per heavy atom. The van der Waals surface area contributed by atoms with Gasteiger partial charge in [-0.25, -0.2) is 0 Å². The Morgan fingerprint density at radius 1 is 0.964 bits per heavy atom. The maximum atomic E-state index is 4.85. The zero-order valence-electron chi connectivity index (χ0n) is 17.3. The molecule has 0 fully saturated rings. The second kappa shape index (κ2) is 6.10. The maximum Gasteiger partial charge on any atom is 0.104 e. The number of anilines is 3. The summed E-state index contributed by atoms with van der Waals surface area (Å²) in [5, 5.41) is 0. The van der Waals surface area contributed by atoms with Crippen LogP contribution in [0, 0.1) is 13.8 Å². The minimum atomic E-state index is 0.269. The van der Waals surface area contributed by atoms with Crippen molar-refractivity contribution in [3.8, 4) is 11.1 Å². The van der Waals surface area contributed by atoms with Crippen molar-refractivity contribution >= 4 is 17.1 Å². The average molecular weight is 370 g/mol. The standard InChI is InChI=1S/C25H27N3/c1-15(2)27-18(5)28(22-9-7-6-8-16(22)3)25-23(27)13-11-19-14-21-20(24(19)25)12-10-17(4)26-21/h6-13,15,18H,14H2,1-5H3/t18-/m0/s1. The highest BCUT2D eigenvalue weighted by molar-refractivity contribution is 5.99. The molecule has 0 unspecified atom stereocenters. The minimum Gasteiger partial charge on any atom is -0.347 e. The van der Waals surface area contributed by atoms with Gasteiger partial charge in [0, 0.05) is 35.0 Å². The SMILES string of the molecule is Cc1ccc2c(n1)Cc1ccc3c(c1-2)N(c1ccccc1C)[C@@H](C)N3C(C)C. The number of hydrogen-bond donors (Lipinski definition) is 0. The van der Waals surface area contributed by atoms with Crippen molar-refractivity contribution in [1.82, 2.24) is 4.98 Å². The van der Waals surface area contributed by atoms with Crippen LogP contribution in [0.2, 0.25) is 0 Å². The molecular formula is C25H27N3. The number of pyridine rings is 1. The molecule has 2 heterocycles. The molecular weight excluding hydrogens is 342 g/mol. The third-order valence-corrected chi connectivity index (χ3v) is 6.21. The highest BCUT2D eigenvalue weighted by atomic mass is 15.4. The van der Waals surface area contributed by atoms with E-state index >= 15 is 0 Å². The van der Waals surface area contributed by atoms with Gasteiger partial charge in [0.05, 0.1) is 17.1 Å². The molecule has 2 aliphatic rings. The molecule has 0 amide bonds. The van der Waals surface area contributed by atoms with Gasteiger partial charge >= 0.3 is 0 Å². The molecule has 1 aliphatic carbocycles. The number of para-hydroxylation sites is 1. The van der Waals surface area contributed by atoms with Crippen LogP contribution in [0.1, 0.15) is 43.3 Å². The first-order valence-corrected chi connectivity index (χ1v) is 10.2. The number of aromatic nitrogens is 1. The van der Waals surface area contributed by atoms with E-state index in [-0.39, 0.29) is 6.17 Å². The van der Waals surface area contributed by atoms with Crippen LogP contribution in [-0.4, -0.2) is 17.2 Å². The van der Waals surface area contributed by atoms with Crippen LogP contribution in [-0.2, 0) is 6.42 Å². The van der Waals surface area contributed by atoms with Crippen molar-refractivity contribution in [2.45, 2.75) is 53.2 Å². The predicted octanol–water partition coefficient (Wildman–Crippen LogP) is 5.98. The molecule has 3 aromatic rings. The Balaban J connectivity index is 1.81.